The lowest BCUT2D eigenvalue weighted by molar-refractivity contribution is -0.134. The van der Waals surface area contributed by atoms with Crippen molar-refractivity contribution >= 4 is 5.97 Å². The van der Waals surface area contributed by atoms with Gasteiger partial charge in [0.2, 0.25) is 0 Å². The summed E-state index contributed by atoms with van der Waals surface area (Å²) in [6.45, 7) is 19.3. The van der Waals surface area contributed by atoms with Gasteiger partial charge in [-0.25, -0.2) is 0 Å². The van der Waals surface area contributed by atoms with E-state index in [2.05, 4.69) is 98.7 Å². The second kappa shape index (κ2) is 18.4. The number of unbranched alkanes of at least 4 members (excludes halogenated alkanes) is 11. The summed E-state index contributed by atoms with van der Waals surface area (Å²) in [7, 11) is 0. The highest BCUT2D eigenvalue weighted by Crippen LogP contribution is 2.40. The van der Waals surface area contributed by atoms with Gasteiger partial charge in [-0.15, -0.1) is 0 Å². The largest absolute Gasteiger partial charge is 0.507 e. The fourth-order valence-electron chi connectivity index (χ4n) is 5.93. The van der Waals surface area contributed by atoms with Crippen LogP contribution in [0, 0.1) is 13.8 Å². The van der Waals surface area contributed by atoms with Gasteiger partial charge in [0.15, 0.2) is 0 Å². The van der Waals surface area contributed by atoms with Gasteiger partial charge in [0, 0.05) is 18.4 Å². The van der Waals surface area contributed by atoms with E-state index in [1.807, 2.05) is 0 Å². The first-order valence-electron chi connectivity index (χ1n) is 17.6. The van der Waals surface area contributed by atoms with Crippen LogP contribution in [0.25, 0.3) is 0 Å². The third-order valence-electron chi connectivity index (χ3n) is 8.50. The highest BCUT2D eigenvalue weighted by Gasteiger charge is 2.26. The number of phenols is 1. The van der Waals surface area contributed by atoms with Crippen molar-refractivity contribution in [3.05, 3.63) is 69.8 Å². The van der Waals surface area contributed by atoms with Crippen molar-refractivity contribution in [3.8, 4) is 11.5 Å². The predicted octanol–water partition coefficient (Wildman–Crippen LogP) is 12.1. The van der Waals surface area contributed by atoms with Gasteiger partial charge in [0.25, 0.3) is 0 Å². The van der Waals surface area contributed by atoms with Crippen LogP contribution in [0.1, 0.15) is 172 Å². The average Bonchev–Trinajstić information content (AvgIpc) is 2.92. The molecule has 0 saturated heterocycles. The van der Waals surface area contributed by atoms with Crippen molar-refractivity contribution in [2.75, 3.05) is 0 Å². The zero-order valence-corrected chi connectivity index (χ0v) is 29.8. The van der Waals surface area contributed by atoms with Crippen LogP contribution in [0.4, 0.5) is 0 Å². The van der Waals surface area contributed by atoms with Gasteiger partial charge in [-0.3, -0.25) is 4.79 Å². The van der Waals surface area contributed by atoms with E-state index in [-0.39, 0.29) is 16.8 Å². The van der Waals surface area contributed by atoms with Crippen LogP contribution in [-0.4, -0.2) is 11.1 Å². The van der Waals surface area contributed by atoms with Crippen LogP contribution in [0.2, 0.25) is 0 Å². The first-order valence-corrected chi connectivity index (χ1v) is 17.6. The summed E-state index contributed by atoms with van der Waals surface area (Å²) in [6.07, 6.45) is 21.7. The highest BCUT2D eigenvalue weighted by atomic mass is 16.5. The minimum atomic E-state index is -0.190. The Labute approximate surface area is 270 Å². The van der Waals surface area contributed by atoms with Crippen LogP contribution in [0.5, 0.6) is 11.5 Å². The highest BCUT2D eigenvalue weighted by molar-refractivity contribution is 5.74. The Bertz CT molecular complexity index is 1190. The van der Waals surface area contributed by atoms with Crippen molar-refractivity contribution in [1.82, 2.24) is 0 Å². The number of hydrogen-bond acceptors (Lipinski definition) is 3. The molecule has 0 spiro atoms. The van der Waals surface area contributed by atoms with Crippen LogP contribution in [0.15, 0.2) is 36.4 Å². The summed E-state index contributed by atoms with van der Waals surface area (Å²) in [5.74, 6) is 0.841. The van der Waals surface area contributed by atoms with Gasteiger partial charge in [-0.05, 0) is 73.5 Å². The number of aryl methyl sites for hydroxylation is 2. The number of carbonyl (C=O) groups is 1. The number of ether oxygens (including phenoxy) is 1. The standard InChI is InChI=1S/C41H64O3/c1-10-11-12-13-14-15-16-17-18-19-20-21-22-23-24-25-37(42)44-39-34(27-32(3)29-36(39)41(7,8)9)30-33-26-31(2)28-35(38(33)43)40(4,5)6/h17-18,26-29,43H,10-16,19-25,30H2,1-9H3/b18-17-. The SMILES string of the molecule is CCCCCCCC/C=C\CCCCCCCC(=O)Oc1c(Cc2cc(C)cc(C(C)(C)C)c2O)cc(C)cc1C(C)(C)C. The molecule has 44 heavy (non-hydrogen) atoms. The van der Waals surface area contributed by atoms with E-state index < -0.39 is 0 Å². The molecule has 0 aliphatic rings. The molecule has 2 rings (SSSR count). The number of rotatable bonds is 18. The monoisotopic (exact) mass is 604 g/mol. The summed E-state index contributed by atoms with van der Waals surface area (Å²) >= 11 is 0. The van der Waals surface area contributed by atoms with Crippen LogP contribution in [0.3, 0.4) is 0 Å². The van der Waals surface area contributed by atoms with Crippen molar-refractivity contribution in [2.24, 2.45) is 0 Å². The van der Waals surface area contributed by atoms with E-state index in [0.717, 1.165) is 59.1 Å². The number of aromatic hydroxyl groups is 1. The van der Waals surface area contributed by atoms with Crippen LogP contribution < -0.4 is 4.74 Å². The van der Waals surface area contributed by atoms with Crippen molar-refractivity contribution in [2.45, 2.75) is 169 Å². The Hall–Kier alpha value is -2.55. The molecule has 1 N–H and O–H groups in total. The Balaban J connectivity index is 1.94. The van der Waals surface area contributed by atoms with E-state index in [1.165, 1.54) is 57.8 Å². The van der Waals surface area contributed by atoms with E-state index in [9.17, 15) is 9.90 Å². The van der Waals surface area contributed by atoms with Gasteiger partial charge in [-0.1, -0.05) is 147 Å². The summed E-state index contributed by atoms with van der Waals surface area (Å²) in [4.78, 5) is 13.1. The first kappa shape index (κ1) is 37.6. The molecule has 0 atom stereocenters. The number of phenolic OH excluding ortho intramolecular Hbond substituents is 1. The Kier molecular flexibility index (Phi) is 15.8. The number of esters is 1. The fraction of sp³-hybridized carbons (Fsp3) is 0.634. The second-order valence-electron chi connectivity index (χ2n) is 15.1. The molecule has 0 aliphatic heterocycles. The lowest BCUT2D eigenvalue weighted by Gasteiger charge is -2.26. The normalized spacial score (nSPS) is 12.3. The first-order chi connectivity index (χ1) is 20.7. The van der Waals surface area contributed by atoms with Crippen LogP contribution >= 0.6 is 0 Å². The van der Waals surface area contributed by atoms with E-state index >= 15 is 0 Å². The number of carbonyl (C=O) groups excluding carboxylic acids is 1. The molecule has 0 bridgehead atoms. The fourth-order valence-corrected chi connectivity index (χ4v) is 5.93. The van der Waals surface area contributed by atoms with Gasteiger partial charge in [-0.2, -0.15) is 0 Å². The molecule has 0 heterocycles. The van der Waals surface area contributed by atoms with Crippen molar-refractivity contribution < 1.29 is 14.6 Å². The van der Waals surface area contributed by atoms with E-state index in [1.54, 1.807) is 0 Å². The molecule has 0 radical (unpaired) electrons. The molecule has 0 unspecified atom stereocenters. The second-order valence-corrected chi connectivity index (χ2v) is 15.1. The zero-order valence-electron chi connectivity index (χ0n) is 29.8. The number of hydrogen-bond donors (Lipinski definition) is 1. The summed E-state index contributed by atoms with van der Waals surface area (Å²) in [5.41, 5.74) is 5.69. The summed E-state index contributed by atoms with van der Waals surface area (Å²) in [6, 6.07) is 8.38. The third kappa shape index (κ3) is 13.2. The molecule has 246 valence electrons. The molecule has 3 nitrogen and oxygen atoms in total. The summed E-state index contributed by atoms with van der Waals surface area (Å²) < 4.78 is 6.19. The minimum Gasteiger partial charge on any atom is -0.507 e. The Morgan fingerprint density at radius 3 is 1.70 bits per heavy atom. The Morgan fingerprint density at radius 1 is 0.682 bits per heavy atom. The molecular formula is C41H64O3. The zero-order chi connectivity index (χ0) is 32.8. The molecule has 0 aliphatic carbocycles. The Morgan fingerprint density at radius 2 is 1.16 bits per heavy atom. The number of benzene rings is 2. The van der Waals surface area contributed by atoms with Crippen LogP contribution in [-0.2, 0) is 22.0 Å². The molecule has 2 aromatic carbocycles. The lowest BCUT2D eigenvalue weighted by atomic mass is 9.81. The molecule has 0 fully saturated rings. The lowest BCUT2D eigenvalue weighted by Crippen LogP contribution is -2.18. The maximum Gasteiger partial charge on any atom is 0.311 e. The molecule has 0 amide bonds. The molecule has 0 aromatic heterocycles. The molecular weight excluding hydrogens is 540 g/mol. The van der Waals surface area contributed by atoms with Gasteiger partial charge in [0.05, 0.1) is 0 Å². The van der Waals surface area contributed by atoms with E-state index in [4.69, 9.17) is 4.74 Å². The minimum absolute atomic E-state index is 0.165. The molecule has 3 heteroatoms. The quantitative estimate of drug-likeness (QED) is 0.0797. The number of allylic oxidation sites excluding steroid dienone is 2. The maximum atomic E-state index is 13.1. The van der Waals surface area contributed by atoms with Crippen molar-refractivity contribution in [3.63, 3.8) is 0 Å². The predicted molar refractivity (Wildman–Crippen MR) is 189 cm³/mol. The van der Waals surface area contributed by atoms with E-state index in [0.29, 0.717) is 24.3 Å². The van der Waals surface area contributed by atoms with Gasteiger partial charge in [0.1, 0.15) is 11.5 Å². The molecule has 2 aromatic rings. The maximum absolute atomic E-state index is 13.1. The molecule has 0 saturated carbocycles. The third-order valence-corrected chi connectivity index (χ3v) is 8.50. The van der Waals surface area contributed by atoms with Gasteiger partial charge < -0.3 is 9.84 Å². The topological polar surface area (TPSA) is 46.5 Å². The van der Waals surface area contributed by atoms with Gasteiger partial charge >= 0.3 is 5.97 Å². The summed E-state index contributed by atoms with van der Waals surface area (Å²) in [5, 5.41) is 11.3. The smallest absolute Gasteiger partial charge is 0.311 e. The average molecular weight is 605 g/mol. The van der Waals surface area contributed by atoms with Crippen molar-refractivity contribution in [1.29, 1.82) is 0 Å².